The molecule has 1 saturated heterocycles. The molecule has 2 saturated carbocycles. The van der Waals surface area contributed by atoms with Gasteiger partial charge in [0, 0.05) is 25.5 Å². The molecule has 2 heterocycles. The van der Waals surface area contributed by atoms with Gasteiger partial charge in [-0.05, 0) is 56.1 Å². The second-order valence-corrected chi connectivity index (χ2v) is 9.26. The maximum absolute atomic E-state index is 12.7. The van der Waals surface area contributed by atoms with Crippen molar-refractivity contribution < 1.29 is 13.2 Å². The first-order valence-electron chi connectivity index (χ1n) is 8.66. The van der Waals surface area contributed by atoms with Gasteiger partial charge < -0.3 is 4.74 Å². The zero-order valence-corrected chi connectivity index (χ0v) is 14.1. The smallest absolute Gasteiger partial charge is 0.217 e. The first-order chi connectivity index (χ1) is 11.1. The highest BCUT2D eigenvalue weighted by molar-refractivity contribution is 7.90. The number of aromatic nitrogens is 1. The Morgan fingerprint density at radius 2 is 2.04 bits per heavy atom. The van der Waals surface area contributed by atoms with Crippen LogP contribution in [-0.4, -0.2) is 48.3 Å². The Bertz CT molecular complexity index is 641. The molecule has 3 fully saturated rings. The molecule has 0 N–H and O–H groups in total. The van der Waals surface area contributed by atoms with Gasteiger partial charge in [-0.1, -0.05) is 6.07 Å². The van der Waals surface area contributed by atoms with E-state index in [9.17, 15) is 8.42 Å². The van der Waals surface area contributed by atoms with Crippen molar-refractivity contribution in [3.8, 4) is 0 Å². The molecule has 5 nitrogen and oxygen atoms in total. The molecule has 0 aromatic carbocycles. The van der Waals surface area contributed by atoms with Crippen LogP contribution >= 0.6 is 0 Å². The van der Waals surface area contributed by atoms with Crippen molar-refractivity contribution in [3.05, 3.63) is 30.1 Å². The quantitative estimate of drug-likeness (QED) is 0.764. The number of hydrogen-bond acceptors (Lipinski definition) is 4. The van der Waals surface area contributed by atoms with Crippen LogP contribution in [0.4, 0.5) is 0 Å². The van der Waals surface area contributed by atoms with Crippen molar-refractivity contribution in [2.75, 3.05) is 13.2 Å². The van der Waals surface area contributed by atoms with Gasteiger partial charge in [-0.15, -0.1) is 0 Å². The third-order valence-corrected chi connectivity index (χ3v) is 7.54. The van der Waals surface area contributed by atoms with Crippen LogP contribution in [0.25, 0.3) is 0 Å². The van der Waals surface area contributed by atoms with Gasteiger partial charge in [-0.3, -0.25) is 4.98 Å². The van der Waals surface area contributed by atoms with Crippen LogP contribution < -0.4 is 0 Å². The maximum atomic E-state index is 12.7. The minimum Gasteiger partial charge on any atom is -0.376 e. The van der Waals surface area contributed by atoms with Gasteiger partial charge in [0.1, 0.15) is 0 Å². The van der Waals surface area contributed by atoms with Crippen LogP contribution in [0.1, 0.15) is 37.7 Å². The van der Waals surface area contributed by atoms with E-state index in [-0.39, 0.29) is 17.4 Å². The van der Waals surface area contributed by atoms with E-state index in [1.54, 1.807) is 10.5 Å². The Morgan fingerprint density at radius 3 is 2.70 bits per heavy atom. The molecule has 126 valence electrons. The lowest BCUT2D eigenvalue weighted by atomic mass is 10.0. The van der Waals surface area contributed by atoms with Crippen molar-refractivity contribution in [1.82, 2.24) is 9.29 Å². The van der Waals surface area contributed by atoms with E-state index in [1.165, 1.54) is 12.8 Å². The largest absolute Gasteiger partial charge is 0.376 e. The van der Waals surface area contributed by atoms with E-state index in [1.807, 2.05) is 18.3 Å². The Hall–Kier alpha value is -0.980. The summed E-state index contributed by atoms with van der Waals surface area (Å²) in [7, 11) is -3.16. The second-order valence-electron chi connectivity index (χ2n) is 7.09. The Balaban J connectivity index is 1.52. The average Bonchev–Trinajstić information content (AvgIpc) is 3.44. The standard InChI is InChI=1S/C17H24N2O3S/c20-23(21,15-5-6-15)19-9-7-17(22-12-13-3-4-13)16(19)10-14-2-1-8-18-11-14/h1-2,8,11,13,15-17H,3-7,9-10,12H2/t16-,17-/m0/s1. The zero-order chi connectivity index (χ0) is 15.9. The predicted molar refractivity (Wildman–Crippen MR) is 87.5 cm³/mol. The minimum atomic E-state index is -3.16. The highest BCUT2D eigenvalue weighted by Gasteiger charge is 2.48. The summed E-state index contributed by atoms with van der Waals surface area (Å²) < 4.78 is 33.3. The number of ether oxygens (including phenoxy) is 1. The SMILES string of the molecule is O=S(=O)(C1CC1)N1CC[C@H](OCC2CC2)[C@@H]1Cc1cccnc1. The second kappa shape index (κ2) is 6.15. The topological polar surface area (TPSA) is 59.5 Å². The van der Waals surface area contributed by atoms with Crippen molar-refractivity contribution >= 4 is 10.0 Å². The Morgan fingerprint density at radius 1 is 1.22 bits per heavy atom. The van der Waals surface area contributed by atoms with E-state index >= 15 is 0 Å². The van der Waals surface area contributed by atoms with E-state index in [2.05, 4.69) is 4.98 Å². The minimum absolute atomic E-state index is 0.0179. The van der Waals surface area contributed by atoms with Gasteiger partial charge in [0.25, 0.3) is 0 Å². The number of rotatable bonds is 7. The van der Waals surface area contributed by atoms with Crippen LogP contribution in [0.3, 0.4) is 0 Å². The van der Waals surface area contributed by atoms with Crippen LogP contribution in [0.15, 0.2) is 24.5 Å². The van der Waals surface area contributed by atoms with Gasteiger partial charge in [-0.2, -0.15) is 4.31 Å². The molecule has 6 heteroatoms. The molecule has 1 aromatic heterocycles. The highest BCUT2D eigenvalue weighted by atomic mass is 32.2. The van der Waals surface area contributed by atoms with Gasteiger partial charge in [0.05, 0.1) is 17.4 Å². The first-order valence-corrected chi connectivity index (χ1v) is 10.2. The predicted octanol–water partition coefficient (Wildman–Crippen LogP) is 1.99. The summed E-state index contributed by atoms with van der Waals surface area (Å²) in [6.45, 7) is 1.38. The molecular formula is C17H24N2O3S. The fraction of sp³-hybridized carbons (Fsp3) is 0.706. The zero-order valence-electron chi connectivity index (χ0n) is 13.3. The van der Waals surface area contributed by atoms with Gasteiger partial charge in [0.15, 0.2) is 0 Å². The lowest BCUT2D eigenvalue weighted by molar-refractivity contribution is 0.0305. The van der Waals surface area contributed by atoms with E-state index in [0.29, 0.717) is 18.9 Å². The summed E-state index contributed by atoms with van der Waals surface area (Å²) in [5.74, 6) is 0.697. The third kappa shape index (κ3) is 3.44. The molecule has 1 aliphatic heterocycles. The summed E-state index contributed by atoms with van der Waals surface area (Å²) in [6, 6.07) is 3.85. The average molecular weight is 336 g/mol. The summed E-state index contributed by atoms with van der Waals surface area (Å²) >= 11 is 0. The van der Waals surface area contributed by atoms with Crippen LogP contribution in [0.5, 0.6) is 0 Å². The van der Waals surface area contributed by atoms with E-state index in [0.717, 1.165) is 31.4 Å². The monoisotopic (exact) mass is 336 g/mol. The molecule has 0 radical (unpaired) electrons. The Labute approximate surface area is 138 Å². The van der Waals surface area contributed by atoms with Crippen molar-refractivity contribution in [3.63, 3.8) is 0 Å². The van der Waals surface area contributed by atoms with Gasteiger partial charge >= 0.3 is 0 Å². The molecule has 0 unspecified atom stereocenters. The number of nitrogens with zero attached hydrogens (tertiary/aromatic N) is 2. The molecule has 2 aliphatic carbocycles. The summed E-state index contributed by atoms with van der Waals surface area (Å²) in [6.07, 6.45) is 9.23. The fourth-order valence-electron chi connectivity index (χ4n) is 3.40. The molecule has 1 aromatic rings. The first kappa shape index (κ1) is 15.5. The number of hydrogen-bond donors (Lipinski definition) is 0. The third-order valence-electron chi connectivity index (χ3n) is 5.12. The van der Waals surface area contributed by atoms with E-state index in [4.69, 9.17) is 4.74 Å². The molecule has 4 rings (SSSR count). The maximum Gasteiger partial charge on any atom is 0.217 e. The lowest BCUT2D eigenvalue weighted by Crippen LogP contribution is -2.43. The summed E-state index contributed by atoms with van der Waals surface area (Å²) in [4.78, 5) is 4.16. The van der Waals surface area contributed by atoms with Crippen LogP contribution in [0, 0.1) is 5.92 Å². The van der Waals surface area contributed by atoms with Crippen molar-refractivity contribution in [2.24, 2.45) is 5.92 Å². The van der Waals surface area contributed by atoms with Crippen LogP contribution in [-0.2, 0) is 21.2 Å². The number of sulfonamides is 1. The van der Waals surface area contributed by atoms with Gasteiger partial charge in [-0.25, -0.2) is 8.42 Å². The highest BCUT2D eigenvalue weighted by Crippen LogP contribution is 2.37. The molecule has 0 bridgehead atoms. The molecule has 0 spiro atoms. The number of pyridine rings is 1. The normalized spacial score (nSPS) is 29.0. The summed E-state index contributed by atoms with van der Waals surface area (Å²) in [5, 5.41) is -0.152. The molecule has 3 aliphatic rings. The van der Waals surface area contributed by atoms with Crippen molar-refractivity contribution in [1.29, 1.82) is 0 Å². The fourth-order valence-corrected chi connectivity index (χ4v) is 5.47. The van der Waals surface area contributed by atoms with Crippen molar-refractivity contribution in [2.45, 2.75) is 55.9 Å². The van der Waals surface area contributed by atoms with Crippen LogP contribution in [0.2, 0.25) is 0 Å². The Kier molecular flexibility index (Phi) is 4.15. The molecule has 0 amide bonds. The van der Waals surface area contributed by atoms with Gasteiger partial charge in [0.2, 0.25) is 10.0 Å². The molecule has 23 heavy (non-hydrogen) atoms. The lowest BCUT2D eigenvalue weighted by Gasteiger charge is -2.28. The molecule has 2 atom stereocenters. The summed E-state index contributed by atoms with van der Waals surface area (Å²) in [5.41, 5.74) is 1.08. The van der Waals surface area contributed by atoms with E-state index < -0.39 is 10.0 Å². The molecular weight excluding hydrogens is 312 g/mol.